The maximum atomic E-state index is 4.95. The van der Waals surface area contributed by atoms with Crippen LogP contribution in [0.4, 0.5) is 0 Å². The predicted octanol–water partition coefficient (Wildman–Crippen LogP) is 5.76. The van der Waals surface area contributed by atoms with Crippen LogP contribution in [-0.4, -0.2) is 4.21 Å². The van der Waals surface area contributed by atoms with Gasteiger partial charge in [0.05, 0.1) is 0 Å². The predicted molar refractivity (Wildman–Crippen MR) is 103 cm³/mol. The van der Waals surface area contributed by atoms with Crippen molar-refractivity contribution >= 4 is 46.3 Å². The summed E-state index contributed by atoms with van der Waals surface area (Å²) in [4.78, 5) is 0. The fraction of sp³-hybridized carbons (Fsp3) is 0.235. The fourth-order valence-corrected chi connectivity index (χ4v) is 19.7. The van der Waals surface area contributed by atoms with Crippen molar-refractivity contribution in [3.05, 3.63) is 59.4 Å². The van der Waals surface area contributed by atoms with Gasteiger partial charge in [-0.15, -0.1) is 24.8 Å². The number of halogens is 2. The second kappa shape index (κ2) is 5.31. The van der Waals surface area contributed by atoms with Crippen LogP contribution in [0.5, 0.6) is 0 Å². The summed E-state index contributed by atoms with van der Waals surface area (Å²) in [7, 11) is 0.831. The minimum atomic E-state index is -3.68. The van der Waals surface area contributed by atoms with Crippen molar-refractivity contribution < 1.29 is 16.8 Å². The maximum absolute atomic E-state index is 4.95. The molecule has 0 spiro atoms. The minimum absolute atomic E-state index is 0. The molecule has 0 saturated carbocycles. The van der Waals surface area contributed by atoms with Crippen LogP contribution in [-0.2, 0) is 16.8 Å². The molecule has 1 aliphatic carbocycles. The van der Waals surface area contributed by atoms with Crippen molar-refractivity contribution in [3.63, 3.8) is 0 Å². The number of hydrogen-bond donors (Lipinski definition) is 0. The molecule has 4 heteroatoms. The zero-order chi connectivity index (χ0) is 13.8. The first-order chi connectivity index (χ1) is 8.72. The van der Waals surface area contributed by atoms with E-state index >= 15 is 0 Å². The Morgan fingerprint density at radius 2 is 1.67 bits per heavy atom. The van der Waals surface area contributed by atoms with Crippen LogP contribution in [0.25, 0.3) is 6.08 Å². The van der Waals surface area contributed by atoms with E-state index in [-0.39, 0.29) is 24.8 Å². The van der Waals surface area contributed by atoms with Gasteiger partial charge in [-0.1, -0.05) is 0 Å². The first-order valence-electron chi connectivity index (χ1n) is 6.96. The number of allylic oxidation sites excluding steroid dienone is 1. The molecule has 1 aromatic carbocycles. The van der Waals surface area contributed by atoms with Crippen LogP contribution >= 0.6 is 33.0 Å². The molecular weight excluding hydrogens is 397 g/mol. The van der Waals surface area contributed by atoms with Crippen molar-refractivity contribution in [2.75, 3.05) is 0 Å². The average Bonchev–Trinajstić information content (AvgIpc) is 2.98. The first kappa shape index (κ1) is 19.1. The molecule has 0 nitrogen and oxygen atoms in total. The third-order valence-electron chi connectivity index (χ3n) is 4.86. The molecule has 1 heterocycles. The van der Waals surface area contributed by atoms with E-state index in [1.807, 2.05) is 0 Å². The van der Waals surface area contributed by atoms with Crippen molar-refractivity contribution in [1.29, 1.82) is 0 Å². The van der Waals surface area contributed by atoms with E-state index in [4.69, 9.17) is 4.21 Å². The summed E-state index contributed by atoms with van der Waals surface area (Å²) in [5, 5.41) is 0. The quantitative estimate of drug-likeness (QED) is 0.579. The number of hydrogen-bond acceptors (Lipinski definition) is 0. The number of rotatable bonds is 2. The Balaban J connectivity index is 0.00000110. The monoisotopic (exact) mass is 419 g/mol. The summed E-state index contributed by atoms with van der Waals surface area (Å²) >= 11 is -3.68. The van der Waals surface area contributed by atoms with Gasteiger partial charge in [0.25, 0.3) is 0 Å². The topological polar surface area (TPSA) is 0 Å². The number of fused-ring (bicyclic) bond motifs is 1. The molecular formula is C17H24Cl2PZr. The van der Waals surface area contributed by atoms with E-state index in [9.17, 15) is 0 Å². The Morgan fingerprint density at radius 3 is 2.29 bits per heavy atom. The van der Waals surface area contributed by atoms with Crippen molar-refractivity contribution in [3.8, 4) is 0 Å². The van der Waals surface area contributed by atoms with Crippen LogP contribution in [0.1, 0.15) is 14.8 Å². The molecule has 0 bridgehead atoms. The molecule has 0 radical (unpaired) electrons. The van der Waals surface area contributed by atoms with Gasteiger partial charge in [-0.3, -0.25) is 0 Å². The van der Waals surface area contributed by atoms with Gasteiger partial charge in [0, 0.05) is 0 Å². The second-order valence-corrected chi connectivity index (χ2v) is 36.6. The van der Waals surface area contributed by atoms with Gasteiger partial charge in [0.1, 0.15) is 0 Å². The van der Waals surface area contributed by atoms with Gasteiger partial charge >= 0.3 is 115 Å². The molecule has 2 unspecified atom stereocenters. The Bertz CT molecular complexity index is 752. The fourth-order valence-electron chi connectivity index (χ4n) is 3.47. The molecule has 0 aliphatic heterocycles. The molecule has 0 amide bonds. The Kier molecular flexibility index (Phi) is 4.84. The molecule has 0 fully saturated rings. The van der Waals surface area contributed by atoms with E-state index < -0.39 is 16.8 Å². The molecule has 21 heavy (non-hydrogen) atoms. The molecule has 2 atom stereocenters. The normalized spacial score (nSPS) is 20.0. The molecule has 0 N–H and O–H groups in total. The SMILES string of the molecule is Cl.Cl.[CH2]=[Zr]([CH3])([CH3])([CH3])([c]1ccc[pH]1)[CH]1C=Cc2ccccc21. The number of benzene rings is 1. The van der Waals surface area contributed by atoms with E-state index in [1.165, 1.54) is 11.1 Å². The summed E-state index contributed by atoms with van der Waals surface area (Å²) < 4.78 is 14.6. The molecule has 1 aromatic heterocycles. The zero-order valence-electron chi connectivity index (χ0n) is 12.8. The van der Waals surface area contributed by atoms with Gasteiger partial charge in [0.15, 0.2) is 0 Å². The van der Waals surface area contributed by atoms with E-state index in [0.29, 0.717) is 3.63 Å². The summed E-state index contributed by atoms with van der Waals surface area (Å²) in [5.74, 6) is 2.30. The van der Waals surface area contributed by atoms with Gasteiger partial charge in [0.2, 0.25) is 0 Å². The van der Waals surface area contributed by atoms with Crippen molar-refractivity contribution in [1.82, 2.24) is 0 Å². The second-order valence-electron chi connectivity index (χ2n) is 8.25. The van der Waals surface area contributed by atoms with Gasteiger partial charge in [-0.05, 0) is 0 Å². The molecule has 115 valence electrons. The van der Waals surface area contributed by atoms with Crippen LogP contribution in [0.15, 0.2) is 48.3 Å². The van der Waals surface area contributed by atoms with Gasteiger partial charge in [-0.25, -0.2) is 0 Å². The van der Waals surface area contributed by atoms with Crippen LogP contribution in [0, 0.1) is 0 Å². The van der Waals surface area contributed by atoms with E-state index in [0.717, 1.165) is 8.19 Å². The third-order valence-corrected chi connectivity index (χ3v) is 26.9. The first-order valence-corrected chi connectivity index (χ1v) is 19.8. The summed E-state index contributed by atoms with van der Waals surface area (Å²) in [6, 6.07) is 13.4. The Labute approximate surface area is 139 Å². The van der Waals surface area contributed by atoms with Gasteiger partial charge in [-0.2, -0.15) is 0 Å². The standard InChI is InChI=1S/C9H7.C4H4P.3CH3.CH2.2ClH.Zr/c1-2-5-9-7-3-6-8(9)4-1;1-2-4-5-3-1;;;;;;;/h1-7H;1-3,5H;3*1H3;1H2;2*1H;. The Morgan fingerprint density at radius 1 is 1.00 bits per heavy atom. The summed E-state index contributed by atoms with van der Waals surface area (Å²) in [5.41, 5.74) is 2.87. The van der Waals surface area contributed by atoms with Crippen molar-refractivity contribution in [2.24, 2.45) is 0 Å². The summed E-state index contributed by atoms with van der Waals surface area (Å²) in [6.07, 6.45) is 4.71. The molecule has 0 saturated heterocycles. The molecule has 1 aliphatic rings. The van der Waals surface area contributed by atoms with Crippen LogP contribution in [0.2, 0.25) is 13.9 Å². The van der Waals surface area contributed by atoms with E-state index in [2.05, 4.69) is 68.2 Å². The Hall–Kier alpha value is 0.0731. The molecule has 3 rings (SSSR count). The summed E-state index contributed by atoms with van der Waals surface area (Å²) in [6.45, 7) is 0. The van der Waals surface area contributed by atoms with Crippen LogP contribution in [0.3, 0.4) is 0 Å². The van der Waals surface area contributed by atoms with Crippen molar-refractivity contribution in [2.45, 2.75) is 17.5 Å². The molecule has 2 aromatic rings. The third kappa shape index (κ3) is 2.96. The average molecular weight is 421 g/mol. The van der Waals surface area contributed by atoms with Crippen LogP contribution < -0.4 is 3.00 Å². The van der Waals surface area contributed by atoms with Gasteiger partial charge < -0.3 is 0 Å². The van der Waals surface area contributed by atoms with E-state index in [1.54, 1.807) is 3.00 Å². The zero-order valence-corrected chi connectivity index (χ0v) is 17.9.